The number of nitrogens with zero attached hydrogens (tertiary/aromatic N) is 2. The van der Waals surface area contributed by atoms with Crippen molar-refractivity contribution < 1.29 is 22.7 Å². The van der Waals surface area contributed by atoms with Crippen molar-refractivity contribution in [1.82, 2.24) is 10.4 Å². The van der Waals surface area contributed by atoms with Gasteiger partial charge in [-0.2, -0.15) is 18.3 Å². The Morgan fingerprint density at radius 2 is 2.12 bits per heavy atom. The summed E-state index contributed by atoms with van der Waals surface area (Å²) in [4.78, 5) is 15.9. The number of hydrogen-bond donors (Lipinski definition) is 1. The Morgan fingerprint density at radius 1 is 1.29 bits per heavy atom. The summed E-state index contributed by atoms with van der Waals surface area (Å²) in [7, 11) is 0. The summed E-state index contributed by atoms with van der Waals surface area (Å²) in [6, 6.07) is 9.61. The Balaban J connectivity index is 1.90. The maximum absolute atomic E-state index is 12.0. The van der Waals surface area contributed by atoms with Crippen molar-refractivity contribution in [3.05, 3.63) is 65.5 Å². The Bertz CT molecular complexity index is 703. The van der Waals surface area contributed by atoms with Gasteiger partial charge in [0.25, 0.3) is 5.91 Å². The molecule has 0 fully saturated rings. The van der Waals surface area contributed by atoms with Gasteiger partial charge in [-0.15, -0.1) is 0 Å². The second kappa shape index (κ2) is 8.21. The van der Waals surface area contributed by atoms with Crippen LogP contribution in [0.5, 0.6) is 0 Å². The van der Waals surface area contributed by atoms with E-state index in [-0.39, 0.29) is 12.2 Å². The number of pyridine rings is 1. The van der Waals surface area contributed by atoms with E-state index in [1.165, 1.54) is 18.3 Å². The van der Waals surface area contributed by atoms with Crippen molar-refractivity contribution in [2.75, 3.05) is 6.61 Å². The number of hydrogen-bond acceptors (Lipinski definition) is 4. The first-order valence-electron chi connectivity index (χ1n) is 6.91. The number of nitrogens with one attached hydrogen (secondary N) is 1. The minimum atomic E-state index is -4.38. The molecule has 0 spiro atoms. The molecule has 0 saturated carbocycles. The van der Waals surface area contributed by atoms with Gasteiger partial charge in [0.2, 0.25) is 0 Å². The van der Waals surface area contributed by atoms with Gasteiger partial charge in [-0.3, -0.25) is 9.78 Å². The molecule has 8 heteroatoms. The Labute approximate surface area is 136 Å². The number of alkyl halides is 3. The zero-order chi connectivity index (χ0) is 17.4. The maximum atomic E-state index is 12.0. The summed E-state index contributed by atoms with van der Waals surface area (Å²) in [6.45, 7) is -1.57. The molecule has 2 rings (SSSR count). The highest BCUT2D eigenvalue weighted by Gasteiger charge is 2.27. The van der Waals surface area contributed by atoms with Crippen molar-refractivity contribution >= 4 is 12.1 Å². The fourth-order valence-electron chi connectivity index (χ4n) is 1.77. The highest BCUT2D eigenvalue weighted by Crippen LogP contribution is 2.16. The lowest BCUT2D eigenvalue weighted by Gasteiger charge is -2.08. The fourth-order valence-corrected chi connectivity index (χ4v) is 1.77. The van der Waals surface area contributed by atoms with Crippen molar-refractivity contribution in [3.8, 4) is 0 Å². The standard InChI is InChI=1S/C16H14F3N3O2/c17-16(18,19)11-24-10-12-3-1-5-14(7-12)15(23)22-21-9-13-4-2-6-20-8-13/h1-9H,10-11H2,(H,22,23)/b21-9-. The quantitative estimate of drug-likeness (QED) is 0.651. The normalized spacial score (nSPS) is 11.6. The van der Waals surface area contributed by atoms with Crippen LogP contribution >= 0.6 is 0 Å². The molecule has 1 amide bonds. The molecular formula is C16H14F3N3O2. The Morgan fingerprint density at radius 3 is 2.83 bits per heavy atom. The molecule has 1 heterocycles. The molecule has 1 aromatic carbocycles. The van der Waals surface area contributed by atoms with Crippen LogP contribution in [0.15, 0.2) is 53.9 Å². The Kier molecular flexibility index (Phi) is 6.02. The first-order valence-corrected chi connectivity index (χ1v) is 6.91. The number of amides is 1. The molecule has 0 aliphatic heterocycles. The molecule has 0 saturated heterocycles. The van der Waals surface area contributed by atoms with E-state index in [2.05, 4.69) is 20.2 Å². The van der Waals surface area contributed by atoms with Gasteiger partial charge in [0.1, 0.15) is 6.61 Å². The SMILES string of the molecule is O=C(N/N=C\c1cccnc1)c1cccc(COCC(F)(F)F)c1. The van der Waals surface area contributed by atoms with Crippen molar-refractivity contribution in [1.29, 1.82) is 0 Å². The van der Waals surface area contributed by atoms with Crippen LogP contribution < -0.4 is 5.43 Å². The molecule has 126 valence electrons. The predicted octanol–water partition coefficient (Wildman–Crippen LogP) is 2.92. The van der Waals surface area contributed by atoms with Gasteiger partial charge in [0, 0.05) is 23.5 Å². The third kappa shape index (κ3) is 6.17. The van der Waals surface area contributed by atoms with Crippen LogP contribution in [-0.2, 0) is 11.3 Å². The molecule has 0 atom stereocenters. The highest BCUT2D eigenvalue weighted by atomic mass is 19.4. The second-order valence-electron chi connectivity index (χ2n) is 4.79. The summed E-state index contributed by atoms with van der Waals surface area (Å²) in [5.74, 6) is -0.479. The molecule has 0 bridgehead atoms. The molecule has 24 heavy (non-hydrogen) atoms. The number of rotatable bonds is 6. The lowest BCUT2D eigenvalue weighted by Crippen LogP contribution is -2.18. The molecule has 0 aliphatic carbocycles. The molecule has 0 aliphatic rings. The third-order valence-electron chi connectivity index (χ3n) is 2.79. The molecule has 1 N–H and O–H groups in total. The van der Waals surface area contributed by atoms with E-state index in [0.29, 0.717) is 11.1 Å². The van der Waals surface area contributed by atoms with E-state index >= 15 is 0 Å². The zero-order valence-corrected chi connectivity index (χ0v) is 12.5. The molecule has 5 nitrogen and oxygen atoms in total. The zero-order valence-electron chi connectivity index (χ0n) is 12.5. The van der Waals surface area contributed by atoms with Crippen molar-refractivity contribution in [3.63, 3.8) is 0 Å². The number of carbonyl (C=O) groups is 1. The minimum absolute atomic E-state index is 0.237. The summed E-state index contributed by atoms with van der Waals surface area (Å²) in [5, 5.41) is 3.80. The summed E-state index contributed by atoms with van der Waals surface area (Å²) >= 11 is 0. The number of ether oxygens (including phenoxy) is 1. The van der Waals surface area contributed by atoms with E-state index in [1.807, 2.05) is 0 Å². The van der Waals surface area contributed by atoms with Crippen LogP contribution in [0.2, 0.25) is 0 Å². The largest absolute Gasteiger partial charge is 0.411 e. The lowest BCUT2D eigenvalue weighted by atomic mass is 10.1. The van der Waals surface area contributed by atoms with Crippen molar-refractivity contribution in [2.45, 2.75) is 12.8 Å². The van der Waals surface area contributed by atoms with Gasteiger partial charge in [0.05, 0.1) is 12.8 Å². The smallest absolute Gasteiger partial charge is 0.367 e. The first-order chi connectivity index (χ1) is 11.4. The topological polar surface area (TPSA) is 63.6 Å². The minimum Gasteiger partial charge on any atom is -0.367 e. The van der Waals surface area contributed by atoms with E-state index in [9.17, 15) is 18.0 Å². The van der Waals surface area contributed by atoms with Gasteiger partial charge in [0.15, 0.2) is 0 Å². The van der Waals surface area contributed by atoms with Crippen LogP contribution in [0.4, 0.5) is 13.2 Å². The summed E-state index contributed by atoms with van der Waals surface area (Å²) in [5.41, 5.74) is 3.78. The third-order valence-corrected chi connectivity index (χ3v) is 2.79. The Hall–Kier alpha value is -2.74. The van der Waals surface area contributed by atoms with Gasteiger partial charge >= 0.3 is 6.18 Å². The number of halogens is 3. The lowest BCUT2D eigenvalue weighted by molar-refractivity contribution is -0.176. The molecule has 2 aromatic rings. The molecule has 0 unspecified atom stereocenters. The van der Waals surface area contributed by atoms with E-state index in [1.54, 1.807) is 36.7 Å². The van der Waals surface area contributed by atoms with Crippen molar-refractivity contribution in [2.24, 2.45) is 5.10 Å². The average molecular weight is 337 g/mol. The predicted molar refractivity (Wildman–Crippen MR) is 81.5 cm³/mol. The second-order valence-corrected chi connectivity index (χ2v) is 4.79. The van der Waals surface area contributed by atoms with Gasteiger partial charge in [-0.25, -0.2) is 5.43 Å². The first kappa shape index (κ1) is 17.6. The highest BCUT2D eigenvalue weighted by molar-refractivity contribution is 5.95. The van der Waals surface area contributed by atoms with Gasteiger partial charge in [-0.1, -0.05) is 18.2 Å². The molecular weight excluding hydrogens is 323 g/mol. The maximum Gasteiger partial charge on any atom is 0.411 e. The number of aromatic nitrogens is 1. The molecule has 0 radical (unpaired) electrons. The average Bonchev–Trinajstić information content (AvgIpc) is 2.55. The van der Waals surface area contributed by atoms with Crippen LogP contribution in [-0.4, -0.2) is 29.9 Å². The number of hydrazone groups is 1. The van der Waals surface area contributed by atoms with E-state index in [0.717, 1.165) is 0 Å². The van der Waals surface area contributed by atoms with Crippen LogP contribution in [0, 0.1) is 0 Å². The van der Waals surface area contributed by atoms with Crippen LogP contribution in [0.25, 0.3) is 0 Å². The van der Waals surface area contributed by atoms with Gasteiger partial charge < -0.3 is 4.74 Å². The molecule has 1 aromatic heterocycles. The van der Waals surface area contributed by atoms with E-state index in [4.69, 9.17) is 0 Å². The van der Waals surface area contributed by atoms with Crippen LogP contribution in [0.1, 0.15) is 21.5 Å². The summed E-state index contributed by atoms with van der Waals surface area (Å²) < 4.78 is 40.7. The van der Waals surface area contributed by atoms with Gasteiger partial charge in [-0.05, 0) is 23.8 Å². The monoisotopic (exact) mass is 337 g/mol. The number of carbonyl (C=O) groups excluding carboxylic acids is 1. The number of benzene rings is 1. The summed E-state index contributed by atoms with van der Waals surface area (Å²) in [6.07, 6.45) is 0.244. The van der Waals surface area contributed by atoms with E-state index < -0.39 is 18.7 Å². The fraction of sp³-hybridized carbons (Fsp3) is 0.188. The van der Waals surface area contributed by atoms with Crippen LogP contribution in [0.3, 0.4) is 0 Å².